The number of imide groups is 1. The summed E-state index contributed by atoms with van der Waals surface area (Å²) in [5, 5.41) is 4.63. The summed E-state index contributed by atoms with van der Waals surface area (Å²) in [4.78, 5) is 36.4. The van der Waals surface area contributed by atoms with Gasteiger partial charge in [0, 0.05) is 30.9 Å². The number of unbranched alkanes of at least 4 members (excludes halogenated alkanes) is 10. The molecule has 0 spiro atoms. The lowest BCUT2D eigenvalue weighted by Crippen LogP contribution is -2.64. The van der Waals surface area contributed by atoms with Gasteiger partial charge in [0.15, 0.2) is 8.07 Å². The summed E-state index contributed by atoms with van der Waals surface area (Å²) in [5.41, 5.74) is 1.32. The predicted molar refractivity (Wildman–Crippen MR) is 198 cm³/mol. The van der Waals surface area contributed by atoms with Gasteiger partial charge >= 0.3 is 0 Å². The van der Waals surface area contributed by atoms with E-state index in [9.17, 15) is 9.59 Å². The predicted octanol–water partition coefficient (Wildman–Crippen LogP) is 9.92. The molecule has 4 aromatic rings. The Morgan fingerprint density at radius 3 is 1.96 bits per heavy atom. The fraction of sp³-hybridized carbons (Fsp3) is 0.474. The molecular formula is C38H47NO2S3Si. The minimum atomic E-state index is -2.24. The number of aryl methyl sites for hydroxylation is 2. The number of amides is 2. The van der Waals surface area contributed by atoms with Crippen LogP contribution in [0.4, 0.5) is 0 Å². The van der Waals surface area contributed by atoms with Crippen LogP contribution in [-0.2, 0) is 0 Å². The molecule has 0 bridgehead atoms. The highest BCUT2D eigenvalue weighted by molar-refractivity contribution is 7.33. The quantitative estimate of drug-likeness (QED) is 0.0675. The Bertz CT molecular complexity index is 1670. The lowest BCUT2D eigenvalue weighted by molar-refractivity contribution is 0.0651. The van der Waals surface area contributed by atoms with Crippen molar-refractivity contribution in [1.29, 1.82) is 0 Å². The number of carbonyl (C=O) groups excluding carboxylic acids is 2. The Hall–Kier alpha value is -2.32. The second-order valence-corrected chi connectivity index (χ2v) is 20.5. The van der Waals surface area contributed by atoms with Crippen LogP contribution < -0.4 is 15.6 Å². The van der Waals surface area contributed by atoms with Gasteiger partial charge in [0.2, 0.25) is 0 Å². The molecule has 2 aliphatic heterocycles. The van der Waals surface area contributed by atoms with Gasteiger partial charge in [-0.1, -0.05) is 115 Å². The minimum Gasteiger partial charge on any atom is -0.274 e. The number of hydrogen-bond acceptors (Lipinski definition) is 5. The van der Waals surface area contributed by atoms with E-state index in [1.165, 1.54) is 105 Å². The lowest BCUT2D eigenvalue weighted by Gasteiger charge is -2.29. The van der Waals surface area contributed by atoms with Crippen molar-refractivity contribution in [2.75, 3.05) is 6.54 Å². The van der Waals surface area contributed by atoms with Crippen molar-refractivity contribution in [2.45, 2.75) is 111 Å². The molecule has 5 heterocycles. The van der Waals surface area contributed by atoms with E-state index in [4.69, 9.17) is 0 Å². The standard InChI is InChI=1S/C38H47NO2S3Si/c1-5-7-9-11-13-18-22-39-37(40)32-27(4)43-34(33(32)38(39)41)29-25-31-36(44-29)35-30(24-26(3)42-35)45(31,28-20-16-15-17-21-28)23-19-14-12-10-8-6-2/h15-17,20-21,24-25H,5-14,18-19,22-23H2,1-4H3. The summed E-state index contributed by atoms with van der Waals surface area (Å²) in [6.07, 6.45) is 14.6. The van der Waals surface area contributed by atoms with Crippen molar-refractivity contribution < 1.29 is 9.59 Å². The number of thiophene rings is 3. The molecule has 0 fully saturated rings. The second kappa shape index (κ2) is 14.2. The smallest absolute Gasteiger partial charge is 0.263 e. The zero-order valence-corrected chi connectivity index (χ0v) is 30.9. The highest BCUT2D eigenvalue weighted by atomic mass is 32.1. The van der Waals surface area contributed by atoms with Crippen molar-refractivity contribution in [3.8, 4) is 19.5 Å². The molecule has 0 saturated carbocycles. The van der Waals surface area contributed by atoms with Gasteiger partial charge in [-0.15, -0.1) is 34.0 Å². The van der Waals surface area contributed by atoms with Crippen molar-refractivity contribution in [1.82, 2.24) is 4.90 Å². The Morgan fingerprint density at radius 2 is 1.24 bits per heavy atom. The van der Waals surface area contributed by atoms with E-state index in [0.717, 1.165) is 22.6 Å². The van der Waals surface area contributed by atoms with Crippen LogP contribution in [0.25, 0.3) is 19.5 Å². The highest BCUT2D eigenvalue weighted by Gasteiger charge is 2.50. The van der Waals surface area contributed by atoms with E-state index in [-0.39, 0.29) is 11.8 Å². The van der Waals surface area contributed by atoms with E-state index in [1.807, 2.05) is 29.6 Å². The first-order valence-electron chi connectivity index (χ1n) is 17.2. The molecular weight excluding hydrogens is 627 g/mol. The highest BCUT2D eigenvalue weighted by Crippen LogP contribution is 2.48. The molecule has 1 unspecified atom stereocenters. The molecule has 0 radical (unpaired) electrons. The third-order valence-electron chi connectivity index (χ3n) is 9.85. The molecule has 0 aliphatic carbocycles. The average molecular weight is 674 g/mol. The normalized spacial score (nSPS) is 16.9. The second-order valence-electron chi connectivity index (χ2n) is 13.0. The number of carbonyl (C=O) groups is 2. The Labute approximate surface area is 282 Å². The van der Waals surface area contributed by atoms with Crippen molar-refractivity contribution in [3.63, 3.8) is 0 Å². The molecule has 1 atom stereocenters. The van der Waals surface area contributed by atoms with Gasteiger partial charge in [0.05, 0.1) is 16.0 Å². The number of nitrogens with zero attached hydrogens (tertiary/aromatic N) is 1. The fourth-order valence-electron chi connectivity index (χ4n) is 7.55. The first kappa shape index (κ1) is 32.6. The molecule has 2 amide bonds. The van der Waals surface area contributed by atoms with E-state index in [1.54, 1.807) is 16.5 Å². The Kier molecular flexibility index (Phi) is 10.3. The molecule has 238 valence electrons. The average Bonchev–Trinajstić information content (AvgIpc) is 3.82. The van der Waals surface area contributed by atoms with Gasteiger partial charge in [-0.05, 0) is 54.0 Å². The molecule has 3 aromatic heterocycles. The van der Waals surface area contributed by atoms with Crippen LogP contribution >= 0.6 is 34.0 Å². The van der Waals surface area contributed by atoms with Crippen LogP contribution in [0, 0.1) is 13.8 Å². The minimum absolute atomic E-state index is 0.0808. The van der Waals surface area contributed by atoms with Gasteiger partial charge in [0.1, 0.15) is 0 Å². The number of rotatable bonds is 16. The molecule has 6 rings (SSSR count). The van der Waals surface area contributed by atoms with Crippen LogP contribution in [0.5, 0.6) is 0 Å². The molecule has 3 nitrogen and oxygen atoms in total. The number of hydrogen-bond donors (Lipinski definition) is 0. The molecule has 45 heavy (non-hydrogen) atoms. The monoisotopic (exact) mass is 673 g/mol. The maximum atomic E-state index is 13.9. The summed E-state index contributed by atoms with van der Waals surface area (Å²) >= 11 is 5.45. The van der Waals surface area contributed by atoms with Gasteiger partial charge in [0.25, 0.3) is 11.8 Å². The Balaban J connectivity index is 1.35. The first-order valence-corrected chi connectivity index (χ1v) is 21.9. The van der Waals surface area contributed by atoms with Gasteiger partial charge < -0.3 is 0 Å². The van der Waals surface area contributed by atoms with Crippen molar-refractivity contribution in [3.05, 3.63) is 63.3 Å². The number of fused-ring (bicyclic) bond motifs is 4. The summed E-state index contributed by atoms with van der Waals surface area (Å²) in [5.74, 6) is -0.164. The molecule has 7 heteroatoms. The molecule has 0 saturated heterocycles. The van der Waals surface area contributed by atoms with E-state index >= 15 is 0 Å². The summed E-state index contributed by atoms with van der Waals surface area (Å²) in [7, 11) is -2.24. The number of benzene rings is 1. The van der Waals surface area contributed by atoms with Crippen LogP contribution in [-0.4, -0.2) is 31.3 Å². The third kappa shape index (κ3) is 5.99. The van der Waals surface area contributed by atoms with Crippen LogP contribution in [0.15, 0.2) is 42.5 Å². The zero-order chi connectivity index (χ0) is 31.6. The maximum absolute atomic E-state index is 13.9. The van der Waals surface area contributed by atoms with Gasteiger partial charge in [-0.2, -0.15) is 0 Å². The zero-order valence-electron chi connectivity index (χ0n) is 27.4. The summed E-state index contributed by atoms with van der Waals surface area (Å²) < 4.78 is 0. The van der Waals surface area contributed by atoms with Gasteiger partial charge in [-0.25, -0.2) is 0 Å². The topological polar surface area (TPSA) is 37.4 Å². The lowest BCUT2D eigenvalue weighted by atomic mass is 10.1. The fourth-order valence-corrected chi connectivity index (χ4v) is 17.8. The van der Waals surface area contributed by atoms with Crippen LogP contribution in [0.2, 0.25) is 6.04 Å². The SMILES string of the molecule is CCCCCCCCN1C(=O)c2c(C)sc(-c3cc4c(s3)-c3sc(C)cc3[Si]4(CCCCCCCC)c3ccccc3)c2C1=O. The van der Waals surface area contributed by atoms with E-state index in [0.29, 0.717) is 17.7 Å². The molecule has 1 aromatic carbocycles. The summed E-state index contributed by atoms with van der Waals surface area (Å²) in [6, 6.07) is 17.5. The third-order valence-corrected chi connectivity index (χ3v) is 18.9. The molecule has 2 aliphatic rings. The van der Waals surface area contributed by atoms with Gasteiger partial charge in [-0.3, -0.25) is 14.5 Å². The first-order chi connectivity index (χ1) is 21.9. The van der Waals surface area contributed by atoms with Crippen molar-refractivity contribution in [2.24, 2.45) is 0 Å². The van der Waals surface area contributed by atoms with Crippen molar-refractivity contribution >= 4 is 69.5 Å². The van der Waals surface area contributed by atoms with Crippen LogP contribution in [0.1, 0.15) is 121 Å². The Morgan fingerprint density at radius 1 is 0.644 bits per heavy atom. The van der Waals surface area contributed by atoms with E-state index in [2.05, 4.69) is 63.2 Å². The molecule has 0 N–H and O–H groups in total. The largest absolute Gasteiger partial charge is 0.274 e. The van der Waals surface area contributed by atoms with E-state index < -0.39 is 8.07 Å². The summed E-state index contributed by atoms with van der Waals surface area (Å²) in [6.45, 7) is 9.32. The maximum Gasteiger partial charge on any atom is 0.263 e. The van der Waals surface area contributed by atoms with Crippen LogP contribution in [0.3, 0.4) is 0 Å².